The predicted molar refractivity (Wildman–Crippen MR) is 59.0 cm³/mol. The van der Waals surface area contributed by atoms with Crippen LogP contribution in [0.1, 0.15) is 37.3 Å². The molecule has 3 nitrogen and oxygen atoms in total. The number of phenols is 1. The summed E-state index contributed by atoms with van der Waals surface area (Å²) in [6.07, 6.45) is 5.11. The summed E-state index contributed by atoms with van der Waals surface area (Å²) in [5.41, 5.74) is 2.16. The average Bonchev–Trinajstić information content (AvgIpc) is 2.83. The Bertz CT molecular complexity index is 483. The molecule has 0 bridgehead atoms. The van der Waals surface area contributed by atoms with Crippen LogP contribution in [0, 0.1) is 0 Å². The van der Waals surface area contributed by atoms with Crippen molar-refractivity contribution >= 4 is 10.9 Å². The smallest absolute Gasteiger partial charge is 0.116 e. The highest BCUT2D eigenvalue weighted by molar-refractivity contribution is 5.83. The van der Waals surface area contributed by atoms with Gasteiger partial charge >= 0.3 is 0 Å². The van der Waals surface area contributed by atoms with Gasteiger partial charge in [-0.2, -0.15) is 5.10 Å². The monoisotopic (exact) mass is 202 g/mol. The lowest BCUT2D eigenvalue weighted by Crippen LogP contribution is -1.92. The van der Waals surface area contributed by atoms with Crippen LogP contribution in [0.4, 0.5) is 0 Å². The fourth-order valence-corrected chi connectivity index (χ4v) is 2.54. The Morgan fingerprint density at radius 2 is 2.07 bits per heavy atom. The van der Waals surface area contributed by atoms with E-state index in [1.54, 1.807) is 6.07 Å². The van der Waals surface area contributed by atoms with Crippen molar-refractivity contribution in [3.05, 3.63) is 23.9 Å². The van der Waals surface area contributed by atoms with Crippen molar-refractivity contribution in [1.82, 2.24) is 10.2 Å². The van der Waals surface area contributed by atoms with Gasteiger partial charge in [0.1, 0.15) is 5.75 Å². The van der Waals surface area contributed by atoms with E-state index in [1.807, 2.05) is 12.1 Å². The Labute approximate surface area is 88.1 Å². The molecule has 0 unspecified atom stereocenters. The van der Waals surface area contributed by atoms with E-state index in [1.165, 1.54) is 31.4 Å². The third kappa shape index (κ3) is 1.39. The number of benzene rings is 1. The van der Waals surface area contributed by atoms with Crippen LogP contribution in [0.25, 0.3) is 10.9 Å². The summed E-state index contributed by atoms with van der Waals surface area (Å²) in [7, 11) is 0. The van der Waals surface area contributed by atoms with Crippen molar-refractivity contribution in [2.24, 2.45) is 0 Å². The van der Waals surface area contributed by atoms with Crippen LogP contribution in [0.2, 0.25) is 0 Å². The summed E-state index contributed by atoms with van der Waals surface area (Å²) in [5.74, 6) is 0.931. The van der Waals surface area contributed by atoms with E-state index in [-0.39, 0.29) is 0 Å². The summed E-state index contributed by atoms with van der Waals surface area (Å²) >= 11 is 0. The first kappa shape index (κ1) is 8.77. The van der Waals surface area contributed by atoms with Gasteiger partial charge in [-0.25, -0.2) is 0 Å². The Hall–Kier alpha value is -1.51. The predicted octanol–water partition coefficient (Wildman–Crippen LogP) is 2.93. The lowest BCUT2D eigenvalue weighted by molar-refractivity contribution is 0.476. The van der Waals surface area contributed by atoms with E-state index in [2.05, 4.69) is 10.2 Å². The number of aromatic hydroxyl groups is 1. The lowest BCUT2D eigenvalue weighted by Gasteiger charge is -2.06. The summed E-state index contributed by atoms with van der Waals surface area (Å²) < 4.78 is 0. The first-order valence-corrected chi connectivity index (χ1v) is 5.51. The van der Waals surface area contributed by atoms with Crippen LogP contribution in [0.3, 0.4) is 0 Å². The van der Waals surface area contributed by atoms with Crippen molar-refractivity contribution in [2.45, 2.75) is 31.6 Å². The minimum Gasteiger partial charge on any atom is -0.508 e. The first-order valence-electron chi connectivity index (χ1n) is 5.51. The molecule has 2 N–H and O–H groups in total. The molecule has 1 aliphatic carbocycles. The van der Waals surface area contributed by atoms with Gasteiger partial charge in [0.2, 0.25) is 0 Å². The molecule has 1 aromatic carbocycles. The second-order valence-electron chi connectivity index (χ2n) is 4.32. The first-order chi connectivity index (χ1) is 7.34. The van der Waals surface area contributed by atoms with Crippen LogP contribution in [-0.2, 0) is 0 Å². The number of nitrogens with zero attached hydrogens (tertiary/aromatic N) is 1. The molecule has 0 spiro atoms. The van der Waals surface area contributed by atoms with E-state index < -0.39 is 0 Å². The molecular weight excluding hydrogens is 188 g/mol. The SMILES string of the molecule is Oc1ccc2n[nH]c(C3CCCC3)c2c1. The molecule has 0 radical (unpaired) electrons. The van der Waals surface area contributed by atoms with Gasteiger partial charge < -0.3 is 5.11 Å². The van der Waals surface area contributed by atoms with E-state index >= 15 is 0 Å². The van der Waals surface area contributed by atoms with Crippen LogP contribution >= 0.6 is 0 Å². The molecule has 0 saturated heterocycles. The molecule has 78 valence electrons. The van der Waals surface area contributed by atoms with Gasteiger partial charge in [0.05, 0.1) is 5.52 Å². The van der Waals surface area contributed by atoms with Crippen LogP contribution in [0.5, 0.6) is 5.75 Å². The summed E-state index contributed by atoms with van der Waals surface area (Å²) in [6.45, 7) is 0. The van der Waals surface area contributed by atoms with Crippen LogP contribution < -0.4 is 0 Å². The van der Waals surface area contributed by atoms with E-state index in [4.69, 9.17) is 0 Å². The minimum absolute atomic E-state index is 0.322. The fraction of sp³-hybridized carbons (Fsp3) is 0.417. The second-order valence-corrected chi connectivity index (χ2v) is 4.32. The van der Waals surface area contributed by atoms with Gasteiger partial charge in [-0.15, -0.1) is 0 Å². The van der Waals surface area contributed by atoms with E-state index in [0.717, 1.165) is 10.9 Å². The molecule has 1 saturated carbocycles. The number of hydrogen-bond acceptors (Lipinski definition) is 2. The number of nitrogens with one attached hydrogen (secondary N) is 1. The second kappa shape index (κ2) is 3.26. The Balaban J connectivity index is 2.13. The third-order valence-corrected chi connectivity index (χ3v) is 3.33. The molecule has 1 aliphatic rings. The summed E-state index contributed by atoms with van der Waals surface area (Å²) in [4.78, 5) is 0. The molecule has 1 fully saturated rings. The number of hydrogen-bond donors (Lipinski definition) is 2. The standard InChI is InChI=1S/C12H14N2O/c15-9-5-6-11-10(7-9)12(14-13-11)8-3-1-2-4-8/h5-8,15H,1-4H2,(H,13,14). The largest absolute Gasteiger partial charge is 0.508 e. The molecule has 15 heavy (non-hydrogen) atoms. The number of H-pyrrole nitrogens is 1. The number of fused-ring (bicyclic) bond motifs is 1. The van der Waals surface area contributed by atoms with Gasteiger partial charge in [0.15, 0.2) is 0 Å². The maximum atomic E-state index is 9.47. The fourth-order valence-electron chi connectivity index (χ4n) is 2.54. The Kier molecular flexibility index (Phi) is 1.91. The maximum absolute atomic E-state index is 9.47. The highest BCUT2D eigenvalue weighted by Gasteiger charge is 2.21. The Morgan fingerprint density at radius 3 is 2.87 bits per heavy atom. The number of rotatable bonds is 1. The van der Waals surface area contributed by atoms with Gasteiger partial charge in [-0.3, -0.25) is 5.10 Å². The normalized spacial score (nSPS) is 17.6. The van der Waals surface area contributed by atoms with Crippen LogP contribution in [-0.4, -0.2) is 15.3 Å². The van der Waals surface area contributed by atoms with Crippen molar-refractivity contribution in [2.75, 3.05) is 0 Å². The molecule has 0 aliphatic heterocycles. The number of aromatic nitrogens is 2. The van der Waals surface area contributed by atoms with Crippen molar-refractivity contribution in [3.63, 3.8) is 0 Å². The Morgan fingerprint density at radius 1 is 1.27 bits per heavy atom. The number of phenolic OH excluding ortho intramolecular Hbond substituents is 1. The number of aromatic amines is 1. The highest BCUT2D eigenvalue weighted by atomic mass is 16.3. The topological polar surface area (TPSA) is 48.9 Å². The maximum Gasteiger partial charge on any atom is 0.116 e. The molecular formula is C12H14N2O. The van der Waals surface area contributed by atoms with Gasteiger partial charge in [-0.1, -0.05) is 12.8 Å². The van der Waals surface area contributed by atoms with Crippen molar-refractivity contribution in [1.29, 1.82) is 0 Å². The zero-order chi connectivity index (χ0) is 10.3. The molecule has 3 heteroatoms. The van der Waals surface area contributed by atoms with Crippen molar-refractivity contribution in [3.8, 4) is 5.75 Å². The average molecular weight is 202 g/mol. The zero-order valence-electron chi connectivity index (χ0n) is 8.53. The molecule has 3 rings (SSSR count). The lowest BCUT2D eigenvalue weighted by atomic mass is 10.0. The van der Waals surface area contributed by atoms with Crippen molar-refractivity contribution < 1.29 is 5.11 Å². The summed E-state index contributed by atoms with van der Waals surface area (Å²) in [5, 5.41) is 17.9. The molecule has 0 amide bonds. The molecule has 1 aromatic heterocycles. The molecule has 1 heterocycles. The van der Waals surface area contributed by atoms with E-state index in [0.29, 0.717) is 11.7 Å². The van der Waals surface area contributed by atoms with Gasteiger partial charge in [0.25, 0.3) is 0 Å². The summed E-state index contributed by atoms with van der Waals surface area (Å²) in [6, 6.07) is 5.35. The van der Waals surface area contributed by atoms with E-state index in [9.17, 15) is 5.11 Å². The highest BCUT2D eigenvalue weighted by Crippen LogP contribution is 2.36. The molecule has 0 atom stereocenters. The molecule has 2 aromatic rings. The quantitative estimate of drug-likeness (QED) is 0.747. The third-order valence-electron chi connectivity index (χ3n) is 3.33. The van der Waals surface area contributed by atoms with Gasteiger partial charge in [0, 0.05) is 17.0 Å². The minimum atomic E-state index is 0.322. The van der Waals surface area contributed by atoms with Gasteiger partial charge in [-0.05, 0) is 31.0 Å². The zero-order valence-corrected chi connectivity index (χ0v) is 8.53. The van der Waals surface area contributed by atoms with Crippen LogP contribution in [0.15, 0.2) is 18.2 Å².